The van der Waals surface area contributed by atoms with Gasteiger partial charge in [0, 0.05) is 18.3 Å². The maximum absolute atomic E-state index is 12.5. The second-order valence-corrected chi connectivity index (χ2v) is 6.04. The summed E-state index contributed by atoms with van der Waals surface area (Å²) in [6.07, 6.45) is 5.36. The van der Waals surface area contributed by atoms with Crippen LogP contribution in [0.25, 0.3) is 6.08 Å². The highest BCUT2D eigenvalue weighted by atomic mass is 35.5. The highest BCUT2D eigenvalue weighted by molar-refractivity contribution is 6.42. The van der Waals surface area contributed by atoms with Crippen LogP contribution in [0.4, 0.5) is 5.69 Å². The number of anilines is 1. The molecule has 0 N–H and O–H groups in total. The molecular formula is C18H15Cl2NO. The number of para-hydroxylation sites is 1. The van der Waals surface area contributed by atoms with Crippen molar-refractivity contribution in [3.05, 3.63) is 69.7 Å². The van der Waals surface area contributed by atoms with Crippen molar-refractivity contribution in [1.29, 1.82) is 0 Å². The number of nitrogens with zero attached hydrogens (tertiary/aromatic N) is 1. The summed E-state index contributed by atoms with van der Waals surface area (Å²) in [7, 11) is 0. The topological polar surface area (TPSA) is 20.3 Å². The Morgan fingerprint density at radius 1 is 1.09 bits per heavy atom. The Kier molecular flexibility index (Phi) is 4.51. The smallest absolute Gasteiger partial charge is 0.250 e. The highest BCUT2D eigenvalue weighted by Crippen LogP contribution is 2.27. The lowest BCUT2D eigenvalue weighted by atomic mass is 10.0. The van der Waals surface area contributed by atoms with Crippen LogP contribution in [0.15, 0.2) is 48.5 Å². The van der Waals surface area contributed by atoms with Crippen LogP contribution < -0.4 is 4.90 Å². The molecule has 0 radical (unpaired) electrons. The van der Waals surface area contributed by atoms with Crippen molar-refractivity contribution < 1.29 is 4.79 Å². The van der Waals surface area contributed by atoms with E-state index in [0.29, 0.717) is 10.0 Å². The van der Waals surface area contributed by atoms with E-state index >= 15 is 0 Å². The van der Waals surface area contributed by atoms with Gasteiger partial charge in [-0.25, -0.2) is 0 Å². The van der Waals surface area contributed by atoms with Crippen molar-refractivity contribution in [3.8, 4) is 0 Å². The number of hydrogen-bond donors (Lipinski definition) is 0. The number of hydrogen-bond acceptors (Lipinski definition) is 1. The van der Waals surface area contributed by atoms with E-state index in [1.165, 1.54) is 5.56 Å². The van der Waals surface area contributed by atoms with Gasteiger partial charge in [-0.15, -0.1) is 0 Å². The fraction of sp³-hybridized carbons (Fsp3) is 0.167. The Hall–Kier alpha value is -1.77. The fourth-order valence-electron chi connectivity index (χ4n) is 2.64. The molecule has 0 unspecified atom stereocenters. The summed E-state index contributed by atoms with van der Waals surface area (Å²) in [5.74, 6) is -0.0155. The maximum Gasteiger partial charge on any atom is 0.250 e. The minimum Gasteiger partial charge on any atom is -0.309 e. The van der Waals surface area contributed by atoms with Gasteiger partial charge < -0.3 is 4.90 Å². The van der Waals surface area contributed by atoms with E-state index in [1.54, 1.807) is 24.3 Å². The van der Waals surface area contributed by atoms with Gasteiger partial charge in [0.1, 0.15) is 0 Å². The van der Waals surface area contributed by atoms with E-state index in [-0.39, 0.29) is 5.91 Å². The quantitative estimate of drug-likeness (QED) is 0.710. The average Bonchev–Trinajstić information content (AvgIpc) is 2.55. The number of aryl methyl sites for hydroxylation is 1. The molecule has 0 fully saturated rings. The van der Waals surface area contributed by atoms with E-state index in [9.17, 15) is 4.79 Å². The lowest BCUT2D eigenvalue weighted by Crippen LogP contribution is -2.34. The molecule has 2 aromatic carbocycles. The molecule has 1 aliphatic rings. The van der Waals surface area contributed by atoms with E-state index in [2.05, 4.69) is 6.07 Å². The van der Waals surface area contributed by atoms with Crippen LogP contribution in [0.5, 0.6) is 0 Å². The number of fused-ring (bicyclic) bond motifs is 1. The van der Waals surface area contributed by atoms with Crippen LogP contribution in [-0.2, 0) is 11.2 Å². The zero-order chi connectivity index (χ0) is 15.5. The Morgan fingerprint density at radius 3 is 2.73 bits per heavy atom. The summed E-state index contributed by atoms with van der Waals surface area (Å²) in [5.41, 5.74) is 3.09. The molecule has 1 amide bonds. The van der Waals surface area contributed by atoms with E-state index in [0.717, 1.165) is 30.6 Å². The Labute approximate surface area is 140 Å². The molecule has 2 aromatic rings. The van der Waals surface area contributed by atoms with E-state index in [1.807, 2.05) is 29.2 Å². The molecule has 0 saturated heterocycles. The molecule has 1 heterocycles. The first-order valence-electron chi connectivity index (χ1n) is 7.18. The van der Waals surface area contributed by atoms with Gasteiger partial charge in [0.15, 0.2) is 0 Å². The number of amides is 1. The van der Waals surface area contributed by atoms with E-state index in [4.69, 9.17) is 23.2 Å². The Balaban J connectivity index is 1.80. The summed E-state index contributed by atoms with van der Waals surface area (Å²) in [4.78, 5) is 14.3. The molecular weight excluding hydrogens is 317 g/mol. The summed E-state index contributed by atoms with van der Waals surface area (Å²) < 4.78 is 0. The van der Waals surface area contributed by atoms with Crippen LogP contribution in [0, 0.1) is 0 Å². The Bertz CT molecular complexity index is 740. The van der Waals surface area contributed by atoms with Crippen molar-refractivity contribution in [1.82, 2.24) is 0 Å². The summed E-state index contributed by atoms with van der Waals surface area (Å²) >= 11 is 11.9. The number of carbonyl (C=O) groups is 1. The van der Waals surface area contributed by atoms with Crippen molar-refractivity contribution in [2.75, 3.05) is 11.4 Å². The van der Waals surface area contributed by atoms with Crippen LogP contribution in [0.2, 0.25) is 10.0 Å². The van der Waals surface area contributed by atoms with Gasteiger partial charge in [-0.1, -0.05) is 47.5 Å². The molecule has 0 spiro atoms. The van der Waals surface area contributed by atoms with Gasteiger partial charge in [-0.2, -0.15) is 0 Å². The number of rotatable bonds is 2. The standard InChI is InChI=1S/C18H15Cl2NO/c19-15-9-7-13(12-16(15)20)8-10-18(22)21-11-3-5-14-4-1-2-6-17(14)21/h1-2,4,6-10,12H,3,5,11H2. The first-order chi connectivity index (χ1) is 10.6. The number of halogens is 2. The zero-order valence-electron chi connectivity index (χ0n) is 11.9. The molecule has 0 aliphatic carbocycles. The molecule has 1 aliphatic heterocycles. The SMILES string of the molecule is O=C(C=Cc1ccc(Cl)c(Cl)c1)N1CCCc2ccccc21. The lowest BCUT2D eigenvalue weighted by molar-refractivity contribution is -0.114. The van der Waals surface area contributed by atoms with Crippen LogP contribution in [0.3, 0.4) is 0 Å². The third-order valence-corrected chi connectivity index (χ3v) is 4.48. The van der Waals surface area contributed by atoms with Crippen molar-refractivity contribution >= 4 is 40.9 Å². The molecule has 0 aromatic heterocycles. The third kappa shape index (κ3) is 3.18. The average molecular weight is 332 g/mol. The predicted molar refractivity (Wildman–Crippen MR) is 92.6 cm³/mol. The van der Waals surface area contributed by atoms with Gasteiger partial charge in [-0.3, -0.25) is 4.79 Å². The molecule has 0 saturated carbocycles. The fourth-order valence-corrected chi connectivity index (χ4v) is 2.94. The number of carbonyl (C=O) groups excluding carboxylic acids is 1. The van der Waals surface area contributed by atoms with Crippen LogP contribution in [-0.4, -0.2) is 12.5 Å². The van der Waals surface area contributed by atoms with Crippen molar-refractivity contribution in [2.45, 2.75) is 12.8 Å². The highest BCUT2D eigenvalue weighted by Gasteiger charge is 2.20. The van der Waals surface area contributed by atoms with Gasteiger partial charge >= 0.3 is 0 Å². The second kappa shape index (κ2) is 6.55. The summed E-state index contributed by atoms with van der Waals surface area (Å²) in [5, 5.41) is 0.995. The molecule has 4 heteroatoms. The zero-order valence-corrected chi connectivity index (χ0v) is 13.4. The van der Waals surface area contributed by atoms with Crippen LogP contribution in [0.1, 0.15) is 17.5 Å². The lowest BCUT2D eigenvalue weighted by Gasteiger charge is -2.28. The summed E-state index contributed by atoms with van der Waals surface area (Å²) in [6, 6.07) is 13.4. The normalized spacial score (nSPS) is 14.2. The summed E-state index contributed by atoms with van der Waals surface area (Å²) in [6.45, 7) is 0.752. The minimum atomic E-state index is -0.0155. The molecule has 0 bridgehead atoms. The van der Waals surface area contributed by atoms with Crippen molar-refractivity contribution in [3.63, 3.8) is 0 Å². The number of benzene rings is 2. The van der Waals surface area contributed by atoms with E-state index < -0.39 is 0 Å². The van der Waals surface area contributed by atoms with Gasteiger partial charge in [0.25, 0.3) is 5.91 Å². The second-order valence-electron chi connectivity index (χ2n) is 5.23. The first kappa shape index (κ1) is 15.1. The maximum atomic E-state index is 12.5. The van der Waals surface area contributed by atoms with Gasteiger partial charge in [0.2, 0.25) is 0 Å². The third-order valence-electron chi connectivity index (χ3n) is 3.74. The monoisotopic (exact) mass is 331 g/mol. The van der Waals surface area contributed by atoms with Crippen LogP contribution >= 0.6 is 23.2 Å². The minimum absolute atomic E-state index is 0.0155. The molecule has 0 atom stereocenters. The largest absolute Gasteiger partial charge is 0.309 e. The Morgan fingerprint density at radius 2 is 1.91 bits per heavy atom. The molecule has 3 rings (SSSR count). The molecule has 112 valence electrons. The predicted octanol–water partition coefficient (Wildman–Crippen LogP) is 4.99. The van der Waals surface area contributed by atoms with Crippen molar-refractivity contribution in [2.24, 2.45) is 0 Å². The van der Waals surface area contributed by atoms with Gasteiger partial charge in [-0.05, 0) is 48.2 Å². The van der Waals surface area contributed by atoms with Gasteiger partial charge in [0.05, 0.1) is 10.0 Å². The first-order valence-corrected chi connectivity index (χ1v) is 7.93. The molecule has 2 nitrogen and oxygen atoms in total. The molecule has 22 heavy (non-hydrogen) atoms.